The van der Waals surface area contributed by atoms with E-state index in [1.165, 1.54) is 32.4 Å². The molecule has 4 nitrogen and oxygen atoms in total. The van der Waals surface area contributed by atoms with E-state index in [2.05, 4.69) is 28.1 Å². The van der Waals surface area contributed by atoms with Crippen LogP contribution in [0.1, 0.15) is 39.5 Å². The SMILES string of the molecule is CCCNC(C)(C#N)CN1CCN2CCCCC2C1. The van der Waals surface area contributed by atoms with Crippen molar-refractivity contribution in [3.8, 4) is 6.07 Å². The fourth-order valence-corrected chi connectivity index (χ4v) is 3.34. The summed E-state index contributed by atoms with van der Waals surface area (Å²) < 4.78 is 0. The van der Waals surface area contributed by atoms with Crippen molar-refractivity contribution < 1.29 is 0 Å². The smallest absolute Gasteiger partial charge is 0.116 e. The lowest BCUT2D eigenvalue weighted by Gasteiger charge is -2.45. The number of fused-ring (bicyclic) bond motifs is 1. The van der Waals surface area contributed by atoms with Crippen LogP contribution in [-0.4, -0.2) is 60.6 Å². The van der Waals surface area contributed by atoms with Gasteiger partial charge >= 0.3 is 0 Å². The molecule has 2 saturated heterocycles. The molecular weight excluding hydrogens is 236 g/mol. The maximum absolute atomic E-state index is 9.43. The van der Waals surface area contributed by atoms with Gasteiger partial charge in [-0.1, -0.05) is 13.3 Å². The Balaban J connectivity index is 1.86. The molecule has 2 unspecified atom stereocenters. The van der Waals surface area contributed by atoms with Crippen molar-refractivity contribution in [1.29, 1.82) is 5.26 Å². The van der Waals surface area contributed by atoms with Crippen LogP contribution in [0.3, 0.4) is 0 Å². The lowest BCUT2D eigenvalue weighted by Crippen LogP contribution is -2.59. The average Bonchev–Trinajstić information content (AvgIpc) is 2.45. The average molecular weight is 264 g/mol. The highest BCUT2D eigenvalue weighted by Crippen LogP contribution is 2.22. The lowest BCUT2D eigenvalue weighted by molar-refractivity contribution is 0.0411. The van der Waals surface area contributed by atoms with E-state index in [1.807, 2.05) is 6.92 Å². The molecule has 0 aromatic carbocycles. The summed E-state index contributed by atoms with van der Waals surface area (Å²) >= 11 is 0. The lowest BCUT2D eigenvalue weighted by atomic mass is 9.97. The van der Waals surface area contributed by atoms with E-state index in [-0.39, 0.29) is 0 Å². The molecule has 2 heterocycles. The topological polar surface area (TPSA) is 42.3 Å². The third-order valence-corrected chi connectivity index (χ3v) is 4.47. The molecule has 4 heteroatoms. The summed E-state index contributed by atoms with van der Waals surface area (Å²) in [5, 5.41) is 12.8. The Bertz CT molecular complexity index is 325. The summed E-state index contributed by atoms with van der Waals surface area (Å²) in [4.78, 5) is 5.13. The largest absolute Gasteiger partial charge is 0.299 e. The molecule has 0 aliphatic carbocycles. The number of piperazine rings is 1. The molecule has 2 aliphatic rings. The fourth-order valence-electron chi connectivity index (χ4n) is 3.34. The van der Waals surface area contributed by atoms with Gasteiger partial charge in [0.05, 0.1) is 6.07 Å². The Morgan fingerprint density at radius 2 is 2.16 bits per heavy atom. The molecule has 0 aromatic heterocycles. The van der Waals surface area contributed by atoms with Crippen molar-refractivity contribution in [2.24, 2.45) is 0 Å². The fraction of sp³-hybridized carbons (Fsp3) is 0.933. The van der Waals surface area contributed by atoms with Crippen LogP contribution in [0.5, 0.6) is 0 Å². The van der Waals surface area contributed by atoms with Gasteiger partial charge in [-0.3, -0.25) is 15.1 Å². The second kappa shape index (κ2) is 6.69. The molecule has 0 bridgehead atoms. The number of piperidine rings is 1. The van der Waals surface area contributed by atoms with Gasteiger partial charge in [0, 0.05) is 32.2 Å². The van der Waals surface area contributed by atoms with Crippen LogP contribution in [0.25, 0.3) is 0 Å². The first-order valence-electron chi connectivity index (χ1n) is 7.79. The molecule has 2 atom stereocenters. The van der Waals surface area contributed by atoms with Gasteiger partial charge in [-0.2, -0.15) is 5.26 Å². The maximum atomic E-state index is 9.43. The number of rotatable bonds is 5. The van der Waals surface area contributed by atoms with Gasteiger partial charge < -0.3 is 0 Å². The van der Waals surface area contributed by atoms with Crippen LogP contribution in [0.2, 0.25) is 0 Å². The molecule has 0 radical (unpaired) electrons. The van der Waals surface area contributed by atoms with Crippen LogP contribution in [0.15, 0.2) is 0 Å². The molecule has 1 N–H and O–H groups in total. The van der Waals surface area contributed by atoms with E-state index in [0.717, 1.165) is 38.6 Å². The van der Waals surface area contributed by atoms with Crippen LogP contribution < -0.4 is 5.32 Å². The van der Waals surface area contributed by atoms with E-state index >= 15 is 0 Å². The summed E-state index contributed by atoms with van der Waals surface area (Å²) in [5.74, 6) is 0. The molecule has 19 heavy (non-hydrogen) atoms. The minimum Gasteiger partial charge on any atom is -0.299 e. The van der Waals surface area contributed by atoms with Crippen molar-refractivity contribution in [2.75, 3.05) is 39.3 Å². The van der Waals surface area contributed by atoms with Gasteiger partial charge in [-0.15, -0.1) is 0 Å². The summed E-state index contributed by atoms with van der Waals surface area (Å²) in [5.41, 5.74) is -0.396. The maximum Gasteiger partial charge on any atom is 0.116 e. The van der Waals surface area contributed by atoms with E-state index in [0.29, 0.717) is 0 Å². The first-order chi connectivity index (χ1) is 9.17. The Kier molecular flexibility index (Phi) is 5.20. The van der Waals surface area contributed by atoms with Gasteiger partial charge in [0.25, 0.3) is 0 Å². The summed E-state index contributed by atoms with van der Waals surface area (Å²) in [6, 6.07) is 3.20. The van der Waals surface area contributed by atoms with E-state index < -0.39 is 5.54 Å². The van der Waals surface area contributed by atoms with E-state index in [4.69, 9.17) is 0 Å². The summed E-state index contributed by atoms with van der Waals surface area (Å²) in [6.45, 7) is 10.7. The Labute approximate surface area is 117 Å². The standard InChI is InChI=1S/C15H28N4/c1-3-7-17-15(2,12-16)13-18-9-10-19-8-5-4-6-14(19)11-18/h14,17H,3-11,13H2,1-2H3. The first-order valence-corrected chi connectivity index (χ1v) is 7.79. The number of hydrogen-bond donors (Lipinski definition) is 1. The predicted octanol–water partition coefficient (Wildman–Crippen LogP) is 1.44. The van der Waals surface area contributed by atoms with Crippen LogP contribution >= 0.6 is 0 Å². The quantitative estimate of drug-likeness (QED) is 0.816. The monoisotopic (exact) mass is 264 g/mol. The number of nitrogens with zero attached hydrogens (tertiary/aromatic N) is 3. The molecule has 0 saturated carbocycles. The van der Waals surface area contributed by atoms with Gasteiger partial charge in [0.1, 0.15) is 5.54 Å². The van der Waals surface area contributed by atoms with Crippen molar-refractivity contribution >= 4 is 0 Å². The second-order valence-corrected chi connectivity index (χ2v) is 6.29. The van der Waals surface area contributed by atoms with Gasteiger partial charge in [-0.25, -0.2) is 0 Å². The highest BCUT2D eigenvalue weighted by Gasteiger charge is 2.33. The Morgan fingerprint density at radius 1 is 1.32 bits per heavy atom. The van der Waals surface area contributed by atoms with Gasteiger partial charge in [0.15, 0.2) is 0 Å². The van der Waals surface area contributed by atoms with Crippen molar-refractivity contribution in [3.63, 3.8) is 0 Å². The molecule has 2 aliphatic heterocycles. The zero-order valence-corrected chi connectivity index (χ0v) is 12.5. The van der Waals surface area contributed by atoms with E-state index in [1.54, 1.807) is 0 Å². The number of hydrogen-bond acceptors (Lipinski definition) is 4. The zero-order chi connectivity index (χ0) is 13.7. The van der Waals surface area contributed by atoms with Crippen molar-refractivity contribution in [2.45, 2.75) is 51.1 Å². The molecule has 2 fully saturated rings. The highest BCUT2D eigenvalue weighted by atomic mass is 15.3. The molecule has 108 valence electrons. The van der Waals surface area contributed by atoms with Gasteiger partial charge in [0.2, 0.25) is 0 Å². The van der Waals surface area contributed by atoms with Crippen molar-refractivity contribution in [3.05, 3.63) is 0 Å². The second-order valence-electron chi connectivity index (χ2n) is 6.29. The third kappa shape index (κ3) is 3.92. The highest BCUT2D eigenvalue weighted by molar-refractivity contribution is 5.06. The normalized spacial score (nSPS) is 28.4. The minimum atomic E-state index is -0.396. The Hall–Kier alpha value is -0.630. The van der Waals surface area contributed by atoms with Crippen LogP contribution in [0, 0.1) is 11.3 Å². The number of nitriles is 1. The van der Waals surface area contributed by atoms with Crippen molar-refractivity contribution in [1.82, 2.24) is 15.1 Å². The van der Waals surface area contributed by atoms with Crippen LogP contribution in [0.4, 0.5) is 0 Å². The summed E-state index contributed by atoms with van der Waals surface area (Å²) in [6.07, 6.45) is 5.15. The predicted molar refractivity (Wildman–Crippen MR) is 78.0 cm³/mol. The zero-order valence-electron chi connectivity index (χ0n) is 12.5. The molecule has 0 spiro atoms. The summed E-state index contributed by atoms with van der Waals surface area (Å²) in [7, 11) is 0. The molecule has 2 rings (SSSR count). The third-order valence-electron chi connectivity index (χ3n) is 4.47. The van der Waals surface area contributed by atoms with Crippen LogP contribution in [-0.2, 0) is 0 Å². The van der Waals surface area contributed by atoms with E-state index in [9.17, 15) is 5.26 Å². The minimum absolute atomic E-state index is 0.396. The van der Waals surface area contributed by atoms with Gasteiger partial charge in [-0.05, 0) is 39.3 Å². The molecule has 0 amide bonds. The molecule has 0 aromatic rings. The Morgan fingerprint density at radius 3 is 2.89 bits per heavy atom. The first kappa shape index (κ1) is 14.8. The number of nitrogens with one attached hydrogen (secondary N) is 1. The molecular formula is C15H28N4.